The molecule has 1 aliphatic rings. The van der Waals surface area contributed by atoms with Crippen molar-refractivity contribution in [1.29, 1.82) is 0 Å². The fraction of sp³-hybridized carbons (Fsp3) is 0.538. The molecule has 94 valence electrons. The predicted octanol–water partition coefficient (Wildman–Crippen LogP) is 4.55. The fourth-order valence-electron chi connectivity index (χ4n) is 2.43. The Morgan fingerprint density at radius 1 is 1.53 bits per heavy atom. The molecule has 2 atom stereocenters. The third kappa shape index (κ3) is 2.38. The summed E-state index contributed by atoms with van der Waals surface area (Å²) in [6, 6.07) is 3.65. The summed E-state index contributed by atoms with van der Waals surface area (Å²) < 4.78 is 14.7. The first kappa shape index (κ1) is 13.3. The molecule has 1 saturated carbocycles. The second-order valence-electron chi connectivity index (χ2n) is 5.33. The van der Waals surface area contributed by atoms with Gasteiger partial charge in [-0.1, -0.05) is 31.5 Å². The van der Waals surface area contributed by atoms with Gasteiger partial charge in [-0.05, 0) is 46.8 Å². The number of hydrogen-bond donors (Lipinski definition) is 1. The Bertz CT molecular complexity index is 447. The molecule has 1 nitrogen and oxygen atoms in total. The summed E-state index contributed by atoms with van der Waals surface area (Å²) in [4.78, 5) is 0. The van der Waals surface area contributed by atoms with Crippen LogP contribution in [0.25, 0.3) is 0 Å². The van der Waals surface area contributed by atoms with Crippen molar-refractivity contribution >= 4 is 27.5 Å². The molecule has 1 aromatic rings. The van der Waals surface area contributed by atoms with Crippen LogP contribution < -0.4 is 5.32 Å². The Morgan fingerprint density at radius 3 is 2.59 bits per heavy atom. The van der Waals surface area contributed by atoms with Gasteiger partial charge >= 0.3 is 0 Å². The van der Waals surface area contributed by atoms with E-state index in [1.165, 1.54) is 0 Å². The number of benzene rings is 1. The van der Waals surface area contributed by atoms with Crippen LogP contribution in [0.2, 0.25) is 5.02 Å². The van der Waals surface area contributed by atoms with Crippen LogP contribution in [0.5, 0.6) is 0 Å². The van der Waals surface area contributed by atoms with E-state index in [1.54, 1.807) is 12.1 Å². The standard InChI is InChI=1S/C13H16BrClFN/c1-13(2)6-8(13)12(17-3)7-4-5-9(14)10(15)11(7)16/h4-5,8,12,17H,6H2,1-3H3. The average molecular weight is 321 g/mol. The van der Waals surface area contributed by atoms with Crippen LogP contribution in [0.3, 0.4) is 0 Å². The van der Waals surface area contributed by atoms with Crippen molar-refractivity contribution in [2.45, 2.75) is 26.3 Å². The zero-order valence-corrected chi connectivity index (χ0v) is 12.5. The van der Waals surface area contributed by atoms with Crippen LogP contribution in [0, 0.1) is 17.2 Å². The molecule has 0 heterocycles. The molecule has 1 fully saturated rings. The van der Waals surface area contributed by atoms with Crippen molar-refractivity contribution in [3.05, 3.63) is 33.0 Å². The Balaban J connectivity index is 2.36. The Kier molecular flexibility index (Phi) is 3.54. The van der Waals surface area contributed by atoms with Crippen LogP contribution in [-0.2, 0) is 0 Å². The smallest absolute Gasteiger partial charge is 0.147 e. The maximum absolute atomic E-state index is 14.1. The predicted molar refractivity (Wildman–Crippen MR) is 72.8 cm³/mol. The van der Waals surface area contributed by atoms with E-state index in [9.17, 15) is 4.39 Å². The molecule has 0 aliphatic heterocycles. The highest BCUT2D eigenvalue weighted by Gasteiger charge is 2.50. The molecule has 1 aliphatic carbocycles. The van der Waals surface area contributed by atoms with Gasteiger partial charge < -0.3 is 5.32 Å². The van der Waals surface area contributed by atoms with Gasteiger partial charge in [0.15, 0.2) is 0 Å². The van der Waals surface area contributed by atoms with Crippen LogP contribution in [0.15, 0.2) is 16.6 Å². The molecule has 1 N–H and O–H groups in total. The van der Waals surface area contributed by atoms with Gasteiger partial charge in [-0.15, -0.1) is 0 Å². The molecule has 0 amide bonds. The maximum Gasteiger partial charge on any atom is 0.147 e. The summed E-state index contributed by atoms with van der Waals surface area (Å²) in [6.45, 7) is 4.42. The van der Waals surface area contributed by atoms with Crippen LogP contribution in [-0.4, -0.2) is 7.05 Å². The normalized spacial score (nSPS) is 23.5. The topological polar surface area (TPSA) is 12.0 Å². The fourth-order valence-corrected chi connectivity index (χ4v) is 2.91. The van der Waals surface area contributed by atoms with Crippen molar-refractivity contribution in [3.63, 3.8) is 0 Å². The minimum Gasteiger partial charge on any atom is -0.313 e. The average Bonchev–Trinajstić information content (AvgIpc) is 2.89. The molecule has 0 saturated heterocycles. The molecule has 2 unspecified atom stereocenters. The number of nitrogens with one attached hydrogen (secondary N) is 1. The van der Waals surface area contributed by atoms with Gasteiger partial charge in [-0.2, -0.15) is 0 Å². The molecule has 1 aromatic carbocycles. The Hall–Kier alpha value is -0.120. The quantitative estimate of drug-likeness (QED) is 0.806. The minimum atomic E-state index is -0.317. The van der Waals surface area contributed by atoms with Gasteiger partial charge in [0.1, 0.15) is 5.82 Å². The SMILES string of the molecule is CNC(c1ccc(Br)c(Cl)c1F)C1CC1(C)C. The lowest BCUT2D eigenvalue weighted by Gasteiger charge is -2.20. The lowest BCUT2D eigenvalue weighted by Crippen LogP contribution is -2.21. The molecular formula is C13H16BrClFN. The lowest BCUT2D eigenvalue weighted by atomic mass is 9.97. The van der Waals surface area contributed by atoms with E-state index in [2.05, 4.69) is 35.1 Å². The number of rotatable bonds is 3. The summed E-state index contributed by atoms with van der Waals surface area (Å²) in [6.07, 6.45) is 1.12. The third-order valence-corrected chi connectivity index (χ3v) is 4.96. The second-order valence-corrected chi connectivity index (χ2v) is 6.56. The first-order chi connectivity index (χ1) is 7.88. The second kappa shape index (κ2) is 4.52. The van der Waals surface area contributed by atoms with E-state index < -0.39 is 0 Å². The lowest BCUT2D eigenvalue weighted by molar-refractivity contribution is 0.426. The van der Waals surface area contributed by atoms with Gasteiger partial charge in [0.25, 0.3) is 0 Å². The van der Waals surface area contributed by atoms with E-state index in [-0.39, 0.29) is 16.9 Å². The molecule has 0 aromatic heterocycles. The third-order valence-electron chi connectivity index (χ3n) is 3.70. The van der Waals surface area contributed by atoms with Crippen LogP contribution >= 0.6 is 27.5 Å². The van der Waals surface area contributed by atoms with Gasteiger partial charge in [0, 0.05) is 16.1 Å². The number of hydrogen-bond acceptors (Lipinski definition) is 1. The maximum atomic E-state index is 14.1. The van der Waals surface area contributed by atoms with Gasteiger partial charge in [-0.25, -0.2) is 4.39 Å². The summed E-state index contributed by atoms with van der Waals surface area (Å²) in [5.41, 5.74) is 0.955. The Morgan fingerprint density at radius 2 is 2.12 bits per heavy atom. The van der Waals surface area contributed by atoms with E-state index in [0.717, 1.165) is 6.42 Å². The van der Waals surface area contributed by atoms with Crippen molar-refractivity contribution in [3.8, 4) is 0 Å². The summed E-state index contributed by atoms with van der Waals surface area (Å²) in [5.74, 6) is 0.155. The first-order valence-corrected chi connectivity index (χ1v) is 6.86. The summed E-state index contributed by atoms with van der Waals surface area (Å²) in [5, 5.41) is 3.38. The molecule has 4 heteroatoms. The van der Waals surface area contributed by atoms with Crippen molar-refractivity contribution in [1.82, 2.24) is 5.32 Å². The van der Waals surface area contributed by atoms with Gasteiger partial charge in [0.2, 0.25) is 0 Å². The van der Waals surface area contributed by atoms with Crippen LogP contribution in [0.4, 0.5) is 4.39 Å². The van der Waals surface area contributed by atoms with Crippen molar-refractivity contribution < 1.29 is 4.39 Å². The Labute approximate surface area is 115 Å². The summed E-state index contributed by atoms with van der Waals surface area (Å²) >= 11 is 9.16. The van der Waals surface area contributed by atoms with Gasteiger partial charge in [0.05, 0.1) is 5.02 Å². The number of halogens is 3. The molecule has 2 rings (SSSR count). The van der Waals surface area contributed by atoms with E-state index in [0.29, 0.717) is 21.4 Å². The highest BCUT2D eigenvalue weighted by atomic mass is 79.9. The van der Waals surface area contributed by atoms with Gasteiger partial charge in [-0.3, -0.25) is 0 Å². The molecule has 0 spiro atoms. The highest BCUT2D eigenvalue weighted by Crippen LogP contribution is 2.58. The first-order valence-electron chi connectivity index (χ1n) is 5.69. The molecular weight excluding hydrogens is 305 g/mol. The van der Waals surface area contributed by atoms with Crippen LogP contribution in [0.1, 0.15) is 31.9 Å². The van der Waals surface area contributed by atoms with Crippen molar-refractivity contribution in [2.75, 3.05) is 7.05 Å². The van der Waals surface area contributed by atoms with Crippen molar-refractivity contribution in [2.24, 2.45) is 11.3 Å². The molecule has 0 radical (unpaired) electrons. The van der Waals surface area contributed by atoms with E-state index >= 15 is 0 Å². The summed E-state index contributed by atoms with van der Waals surface area (Å²) in [7, 11) is 1.87. The zero-order valence-electron chi connectivity index (χ0n) is 10.2. The van der Waals surface area contributed by atoms with E-state index in [1.807, 2.05) is 7.05 Å². The molecule has 17 heavy (non-hydrogen) atoms. The largest absolute Gasteiger partial charge is 0.313 e. The monoisotopic (exact) mass is 319 g/mol. The zero-order chi connectivity index (χ0) is 12.8. The molecule has 0 bridgehead atoms. The highest BCUT2D eigenvalue weighted by molar-refractivity contribution is 9.10. The van der Waals surface area contributed by atoms with E-state index in [4.69, 9.17) is 11.6 Å². The minimum absolute atomic E-state index is 0.0376.